The molecule has 144 valence electrons. The number of carbonyl (C=O) groups is 1. The molecule has 2 aromatic carbocycles. The first-order valence-electron chi connectivity index (χ1n) is 9.27. The monoisotopic (exact) mass is 431 g/mol. The van der Waals surface area contributed by atoms with Crippen molar-refractivity contribution in [3.05, 3.63) is 64.1 Å². The second kappa shape index (κ2) is 8.34. The van der Waals surface area contributed by atoms with Crippen molar-refractivity contribution in [3.8, 4) is 5.75 Å². The summed E-state index contributed by atoms with van der Waals surface area (Å²) < 4.78 is 12.8. The number of benzene rings is 2. The highest BCUT2D eigenvalue weighted by Crippen LogP contribution is 2.30. The van der Waals surface area contributed by atoms with Gasteiger partial charge in [0.15, 0.2) is 0 Å². The Morgan fingerprint density at radius 1 is 1.22 bits per heavy atom. The Labute approximate surface area is 169 Å². The van der Waals surface area contributed by atoms with Gasteiger partial charge in [0.05, 0.1) is 6.54 Å². The summed E-state index contributed by atoms with van der Waals surface area (Å²) in [6.45, 7) is 6.66. The fourth-order valence-electron chi connectivity index (χ4n) is 3.12. The van der Waals surface area contributed by atoms with E-state index in [2.05, 4.69) is 22.0 Å². The van der Waals surface area contributed by atoms with Crippen molar-refractivity contribution in [2.75, 3.05) is 6.54 Å². The normalized spacial score (nSPS) is 16.2. The molecule has 1 aliphatic heterocycles. The summed E-state index contributed by atoms with van der Waals surface area (Å²) in [4.78, 5) is 14.5. The SMILES string of the molecule is CC(C)(C)OC(=O)N(Cc1ccccc1)C[C@@H]1CCc2cc(Br)ccc2O1. The Morgan fingerprint density at radius 2 is 1.96 bits per heavy atom. The summed E-state index contributed by atoms with van der Waals surface area (Å²) in [5.74, 6) is 0.901. The second-order valence-corrected chi connectivity index (χ2v) is 8.79. The molecule has 1 aliphatic rings. The molecule has 0 N–H and O–H groups in total. The highest BCUT2D eigenvalue weighted by atomic mass is 79.9. The number of nitrogens with zero attached hydrogens (tertiary/aromatic N) is 1. The van der Waals surface area contributed by atoms with E-state index in [1.54, 1.807) is 4.90 Å². The molecule has 0 unspecified atom stereocenters. The summed E-state index contributed by atoms with van der Waals surface area (Å²) in [5.41, 5.74) is 1.74. The quantitative estimate of drug-likeness (QED) is 0.633. The molecule has 5 heteroatoms. The van der Waals surface area contributed by atoms with E-state index in [9.17, 15) is 4.79 Å². The van der Waals surface area contributed by atoms with Crippen LogP contribution >= 0.6 is 15.9 Å². The first-order valence-corrected chi connectivity index (χ1v) is 10.1. The number of rotatable bonds is 4. The third kappa shape index (κ3) is 5.73. The maximum atomic E-state index is 12.8. The molecule has 1 atom stereocenters. The van der Waals surface area contributed by atoms with Crippen LogP contribution in [0.1, 0.15) is 38.3 Å². The molecule has 0 saturated carbocycles. The number of hydrogen-bond acceptors (Lipinski definition) is 3. The molecule has 0 aliphatic carbocycles. The van der Waals surface area contributed by atoms with E-state index in [-0.39, 0.29) is 12.2 Å². The number of carbonyl (C=O) groups excluding carboxylic acids is 1. The standard InChI is InChI=1S/C22H26BrNO3/c1-22(2,3)27-21(25)24(14-16-7-5-4-6-8-16)15-19-11-9-17-13-18(23)10-12-20(17)26-19/h4-8,10,12-13,19H,9,11,14-15H2,1-3H3/t19-/m0/s1. The van der Waals surface area contributed by atoms with Crippen LogP contribution in [-0.2, 0) is 17.7 Å². The third-order valence-electron chi connectivity index (χ3n) is 4.34. The number of amides is 1. The van der Waals surface area contributed by atoms with Gasteiger partial charge >= 0.3 is 6.09 Å². The average molecular weight is 432 g/mol. The smallest absolute Gasteiger partial charge is 0.410 e. The number of halogens is 1. The van der Waals surface area contributed by atoms with Crippen LogP contribution in [0.15, 0.2) is 53.0 Å². The van der Waals surface area contributed by atoms with Gasteiger partial charge in [0.1, 0.15) is 17.5 Å². The van der Waals surface area contributed by atoms with Gasteiger partial charge in [0.2, 0.25) is 0 Å². The lowest BCUT2D eigenvalue weighted by atomic mass is 10.0. The highest BCUT2D eigenvalue weighted by molar-refractivity contribution is 9.10. The van der Waals surface area contributed by atoms with E-state index >= 15 is 0 Å². The van der Waals surface area contributed by atoms with Crippen molar-refractivity contribution in [1.82, 2.24) is 4.90 Å². The summed E-state index contributed by atoms with van der Waals surface area (Å²) >= 11 is 3.50. The van der Waals surface area contributed by atoms with Crippen LogP contribution in [0.25, 0.3) is 0 Å². The van der Waals surface area contributed by atoms with Gasteiger partial charge in [-0.3, -0.25) is 0 Å². The van der Waals surface area contributed by atoms with Gasteiger partial charge in [-0.25, -0.2) is 4.79 Å². The molecule has 3 rings (SSSR count). The molecule has 1 amide bonds. The number of hydrogen-bond donors (Lipinski definition) is 0. The molecule has 4 nitrogen and oxygen atoms in total. The first kappa shape index (κ1) is 19.7. The molecule has 0 aromatic heterocycles. The third-order valence-corrected chi connectivity index (χ3v) is 4.84. The fourth-order valence-corrected chi connectivity index (χ4v) is 3.53. The van der Waals surface area contributed by atoms with Crippen LogP contribution in [0.5, 0.6) is 5.75 Å². The molecular formula is C22H26BrNO3. The van der Waals surface area contributed by atoms with E-state index in [4.69, 9.17) is 9.47 Å². The molecule has 0 saturated heterocycles. The van der Waals surface area contributed by atoms with Crippen LogP contribution in [0.2, 0.25) is 0 Å². The zero-order chi connectivity index (χ0) is 19.4. The Balaban J connectivity index is 1.72. The van der Waals surface area contributed by atoms with Gasteiger partial charge in [-0.05, 0) is 62.9 Å². The Hall–Kier alpha value is -2.01. The van der Waals surface area contributed by atoms with Gasteiger partial charge in [0, 0.05) is 11.0 Å². The van der Waals surface area contributed by atoms with E-state index in [1.165, 1.54) is 5.56 Å². The van der Waals surface area contributed by atoms with Crippen LogP contribution in [0.3, 0.4) is 0 Å². The lowest BCUT2D eigenvalue weighted by Crippen LogP contribution is -2.43. The van der Waals surface area contributed by atoms with Gasteiger partial charge < -0.3 is 14.4 Å². The van der Waals surface area contributed by atoms with Crippen molar-refractivity contribution in [2.24, 2.45) is 0 Å². The zero-order valence-electron chi connectivity index (χ0n) is 16.1. The second-order valence-electron chi connectivity index (χ2n) is 7.88. The predicted octanol–water partition coefficient (Wildman–Crippen LogP) is 5.58. The number of ether oxygens (including phenoxy) is 2. The molecule has 0 spiro atoms. The van der Waals surface area contributed by atoms with Crippen molar-refractivity contribution in [1.29, 1.82) is 0 Å². The van der Waals surface area contributed by atoms with Crippen molar-refractivity contribution in [3.63, 3.8) is 0 Å². The van der Waals surface area contributed by atoms with Crippen molar-refractivity contribution in [2.45, 2.75) is 51.9 Å². The summed E-state index contributed by atoms with van der Waals surface area (Å²) in [5, 5.41) is 0. The fraction of sp³-hybridized carbons (Fsp3) is 0.409. The lowest BCUT2D eigenvalue weighted by molar-refractivity contribution is 0.0133. The maximum Gasteiger partial charge on any atom is 0.410 e. The van der Waals surface area contributed by atoms with Gasteiger partial charge in [-0.1, -0.05) is 46.3 Å². The van der Waals surface area contributed by atoms with Crippen LogP contribution < -0.4 is 4.74 Å². The largest absolute Gasteiger partial charge is 0.488 e. The van der Waals surface area contributed by atoms with Crippen molar-refractivity contribution >= 4 is 22.0 Å². The lowest BCUT2D eigenvalue weighted by Gasteiger charge is -2.33. The van der Waals surface area contributed by atoms with E-state index in [0.29, 0.717) is 13.1 Å². The van der Waals surface area contributed by atoms with Crippen LogP contribution in [0.4, 0.5) is 4.79 Å². The van der Waals surface area contributed by atoms with Gasteiger partial charge in [-0.2, -0.15) is 0 Å². The van der Waals surface area contributed by atoms with E-state index < -0.39 is 5.60 Å². The Morgan fingerprint density at radius 3 is 2.67 bits per heavy atom. The van der Waals surface area contributed by atoms with Crippen molar-refractivity contribution < 1.29 is 14.3 Å². The molecule has 2 aromatic rings. The predicted molar refractivity (Wildman–Crippen MR) is 110 cm³/mol. The average Bonchev–Trinajstić information content (AvgIpc) is 2.61. The summed E-state index contributed by atoms with van der Waals surface area (Å²) in [7, 11) is 0. The van der Waals surface area contributed by atoms with E-state index in [1.807, 2.05) is 63.2 Å². The number of fused-ring (bicyclic) bond motifs is 1. The topological polar surface area (TPSA) is 38.8 Å². The minimum Gasteiger partial charge on any atom is -0.488 e. The number of aryl methyl sites for hydroxylation is 1. The molecular weight excluding hydrogens is 406 g/mol. The Kier molecular flexibility index (Phi) is 6.10. The van der Waals surface area contributed by atoms with E-state index in [0.717, 1.165) is 28.6 Å². The molecule has 1 heterocycles. The van der Waals surface area contributed by atoms with Crippen LogP contribution in [0, 0.1) is 0 Å². The molecule has 27 heavy (non-hydrogen) atoms. The Bertz CT molecular complexity index is 786. The van der Waals surface area contributed by atoms with Gasteiger partial charge in [0.25, 0.3) is 0 Å². The minimum atomic E-state index is -0.529. The van der Waals surface area contributed by atoms with Crippen LogP contribution in [-0.4, -0.2) is 29.2 Å². The molecule has 0 bridgehead atoms. The molecule has 0 radical (unpaired) electrons. The van der Waals surface area contributed by atoms with Gasteiger partial charge in [-0.15, -0.1) is 0 Å². The summed E-state index contributed by atoms with van der Waals surface area (Å²) in [6.07, 6.45) is 1.45. The minimum absolute atomic E-state index is 0.0464. The zero-order valence-corrected chi connectivity index (χ0v) is 17.7. The highest BCUT2D eigenvalue weighted by Gasteiger charge is 2.28. The first-order chi connectivity index (χ1) is 12.8. The maximum absolute atomic E-state index is 12.8. The molecule has 0 fully saturated rings. The summed E-state index contributed by atoms with van der Waals surface area (Å²) in [6, 6.07) is 16.0.